The van der Waals surface area contributed by atoms with E-state index in [4.69, 9.17) is 0 Å². The van der Waals surface area contributed by atoms with Crippen LogP contribution in [0.5, 0.6) is 0 Å². The molecule has 3 nitrogen and oxygen atoms in total. The predicted molar refractivity (Wildman–Crippen MR) is 69.9 cm³/mol. The van der Waals surface area contributed by atoms with Crippen LogP contribution in [0.2, 0.25) is 0 Å². The summed E-state index contributed by atoms with van der Waals surface area (Å²) in [6, 6.07) is 4.74. The molecule has 1 aromatic heterocycles. The zero-order valence-electron chi connectivity index (χ0n) is 10.7. The summed E-state index contributed by atoms with van der Waals surface area (Å²) in [4.78, 5) is 8.54. The Morgan fingerprint density at radius 1 is 1.17 bits per heavy atom. The van der Waals surface area contributed by atoms with Crippen molar-refractivity contribution in [1.29, 1.82) is 0 Å². The lowest BCUT2D eigenvalue weighted by atomic mass is 10.1. The maximum absolute atomic E-state index is 13.0. The third-order valence-electron chi connectivity index (χ3n) is 2.89. The fourth-order valence-electron chi connectivity index (χ4n) is 1.93. The molecule has 0 aliphatic rings. The maximum Gasteiger partial charge on any atom is 0.123 e. The fourth-order valence-corrected chi connectivity index (χ4v) is 1.93. The minimum absolute atomic E-state index is 0.0304. The predicted octanol–water partition coefficient (Wildman–Crippen LogP) is 3.41. The molecule has 94 valence electrons. The molecule has 0 bridgehead atoms. The van der Waals surface area contributed by atoms with Gasteiger partial charge in [0, 0.05) is 18.1 Å². The molecule has 4 heteroatoms. The minimum atomic E-state index is -0.221. The number of aromatic nitrogens is 2. The van der Waals surface area contributed by atoms with Crippen molar-refractivity contribution in [3.05, 3.63) is 53.4 Å². The number of anilines is 1. The first-order valence-electron chi connectivity index (χ1n) is 5.88. The Balaban J connectivity index is 2.21. The molecule has 1 N–H and O–H groups in total. The van der Waals surface area contributed by atoms with E-state index < -0.39 is 0 Å². The molecule has 0 fully saturated rings. The van der Waals surface area contributed by atoms with E-state index in [1.54, 1.807) is 18.5 Å². The van der Waals surface area contributed by atoms with Gasteiger partial charge in [0.05, 0.1) is 17.4 Å². The fraction of sp³-hybridized carbons (Fsp3) is 0.286. The average Bonchev–Trinajstić information content (AvgIpc) is 2.33. The lowest BCUT2D eigenvalue weighted by Gasteiger charge is -2.17. The van der Waals surface area contributed by atoms with Crippen molar-refractivity contribution in [2.75, 3.05) is 5.32 Å². The van der Waals surface area contributed by atoms with Gasteiger partial charge in [0.2, 0.25) is 0 Å². The molecule has 0 spiro atoms. The molecule has 18 heavy (non-hydrogen) atoms. The van der Waals surface area contributed by atoms with Crippen LogP contribution >= 0.6 is 0 Å². The third-order valence-corrected chi connectivity index (χ3v) is 2.89. The molecule has 0 saturated carbocycles. The van der Waals surface area contributed by atoms with Crippen LogP contribution in [0.15, 0.2) is 30.6 Å². The number of hydrogen-bond donors (Lipinski definition) is 1. The van der Waals surface area contributed by atoms with Gasteiger partial charge in [0.1, 0.15) is 5.82 Å². The van der Waals surface area contributed by atoms with Gasteiger partial charge < -0.3 is 5.32 Å². The van der Waals surface area contributed by atoms with Crippen molar-refractivity contribution in [1.82, 2.24) is 9.97 Å². The van der Waals surface area contributed by atoms with Gasteiger partial charge in [-0.25, -0.2) is 4.39 Å². The Labute approximate surface area is 106 Å². The van der Waals surface area contributed by atoms with E-state index >= 15 is 0 Å². The standard InChI is InChI=1S/C14H16FN3/c1-9-8-12(15)4-5-13(9)18-11(3)14-10(2)16-6-7-17-14/h4-8,11,18H,1-3H3. The second-order valence-electron chi connectivity index (χ2n) is 4.35. The molecule has 0 aliphatic heterocycles. The first-order chi connectivity index (χ1) is 8.58. The zero-order valence-corrected chi connectivity index (χ0v) is 10.7. The molecule has 1 unspecified atom stereocenters. The van der Waals surface area contributed by atoms with Gasteiger partial charge in [0.25, 0.3) is 0 Å². The Kier molecular flexibility index (Phi) is 3.55. The number of nitrogens with zero attached hydrogens (tertiary/aromatic N) is 2. The van der Waals surface area contributed by atoms with E-state index in [0.717, 1.165) is 22.6 Å². The van der Waals surface area contributed by atoms with Crippen molar-refractivity contribution in [3.63, 3.8) is 0 Å². The second kappa shape index (κ2) is 5.12. The van der Waals surface area contributed by atoms with E-state index in [1.165, 1.54) is 12.1 Å². The molecule has 1 heterocycles. The third kappa shape index (κ3) is 2.64. The highest BCUT2D eigenvalue weighted by Crippen LogP contribution is 2.22. The summed E-state index contributed by atoms with van der Waals surface area (Å²) >= 11 is 0. The summed E-state index contributed by atoms with van der Waals surface area (Å²) in [5.74, 6) is -0.221. The number of aryl methyl sites for hydroxylation is 2. The average molecular weight is 245 g/mol. The monoisotopic (exact) mass is 245 g/mol. The first kappa shape index (κ1) is 12.5. The van der Waals surface area contributed by atoms with Crippen LogP contribution in [-0.4, -0.2) is 9.97 Å². The lowest BCUT2D eigenvalue weighted by molar-refractivity contribution is 0.626. The summed E-state index contributed by atoms with van der Waals surface area (Å²) in [5.41, 5.74) is 3.59. The van der Waals surface area contributed by atoms with E-state index in [1.807, 2.05) is 20.8 Å². The van der Waals surface area contributed by atoms with Crippen molar-refractivity contribution in [3.8, 4) is 0 Å². The van der Waals surface area contributed by atoms with Crippen LogP contribution in [0.3, 0.4) is 0 Å². The molecular formula is C14H16FN3. The molecule has 0 saturated heterocycles. The SMILES string of the molecule is Cc1cc(F)ccc1NC(C)c1nccnc1C. The van der Waals surface area contributed by atoms with E-state index in [0.29, 0.717) is 0 Å². The van der Waals surface area contributed by atoms with Gasteiger partial charge in [-0.05, 0) is 44.5 Å². The lowest BCUT2D eigenvalue weighted by Crippen LogP contribution is -2.11. The Bertz CT molecular complexity index is 554. The second-order valence-corrected chi connectivity index (χ2v) is 4.35. The molecule has 1 atom stereocenters. The molecular weight excluding hydrogens is 229 g/mol. The normalized spacial score (nSPS) is 12.2. The Morgan fingerprint density at radius 3 is 2.56 bits per heavy atom. The number of rotatable bonds is 3. The van der Waals surface area contributed by atoms with Crippen LogP contribution < -0.4 is 5.32 Å². The summed E-state index contributed by atoms with van der Waals surface area (Å²) in [7, 11) is 0. The largest absolute Gasteiger partial charge is 0.377 e. The van der Waals surface area contributed by atoms with Gasteiger partial charge in [-0.3, -0.25) is 9.97 Å². The molecule has 0 amide bonds. The highest BCUT2D eigenvalue weighted by atomic mass is 19.1. The van der Waals surface area contributed by atoms with Gasteiger partial charge in [0.15, 0.2) is 0 Å². The van der Waals surface area contributed by atoms with Gasteiger partial charge in [-0.2, -0.15) is 0 Å². The summed E-state index contributed by atoms with van der Waals surface area (Å²) in [6.45, 7) is 5.82. The summed E-state index contributed by atoms with van der Waals surface area (Å²) in [6.07, 6.45) is 3.35. The van der Waals surface area contributed by atoms with E-state index in [9.17, 15) is 4.39 Å². The number of benzene rings is 1. The molecule has 2 rings (SSSR count). The molecule has 1 aromatic carbocycles. The van der Waals surface area contributed by atoms with E-state index in [-0.39, 0.29) is 11.9 Å². The van der Waals surface area contributed by atoms with Gasteiger partial charge >= 0.3 is 0 Å². The number of hydrogen-bond acceptors (Lipinski definition) is 3. The Hall–Kier alpha value is -1.97. The Morgan fingerprint density at radius 2 is 1.89 bits per heavy atom. The zero-order chi connectivity index (χ0) is 13.1. The van der Waals surface area contributed by atoms with Crippen molar-refractivity contribution < 1.29 is 4.39 Å². The van der Waals surface area contributed by atoms with Crippen LogP contribution in [0, 0.1) is 19.7 Å². The summed E-state index contributed by atoms with van der Waals surface area (Å²) < 4.78 is 13.0. The van der Waals surface area contributed by atoms with Crippen molar-refractivity contribution in [2.45, 2.75) is 26.8 Å². The molecule has 2 aromatic rings. The van der Waals surface area contributed by atoms with Crippen LogP contribution in [0.1, 0.15) is 29.9 Å². The smallest absolute Gasteiger partial charge is 0.123 e. The highest BCUT2D eigenvalue weighted by Gasteiger charge is 2.11. The number of nitrogens with one attached hydrogen (secondary N) is 1. The minimum Gasteiger partial charge on any atom is -0.377 e. The summed E-state index contributed by atoms with van der Waals surface area (Å²) in [5, 5.41) is 3.33. The first-order valence-corrected chi connectivity index (χ1v) is 5.88. The molecule has 0 radical (unpaired) electrons. The van der Waals surface area contributed by atoms with Crippen LogP contribution in [-0.2, 0) is 0 Å². The highest BCUT2D eigenvalue weighted by molar-refractivity contribution is 5.51. The van der Waals surface area contributed by atoms with E-state index in [2.05, 4.69) is 15.3 Å². The number of halogens is 1. The quantitative estimate of drug-likeness (QED) is 0.900. The molecule has 0 aliphatic carbocycles. The van der Waals surface area contributed by atoms with Crippen molar-refractivity contribution in [2.24, 2.45) is 0 Å². The maximum atomic E-state index is 13.0. The van der Waals surface area contributed by atoms with Gasteiger partial charge in [-0.1, -0.05) is 0 Å². The van der Waals surface area contributed by atoms with Crippen LogP contribution in [0.4, 0.5) is 10.1 Å². The van der Waals surface area contributed by atoms with Gasteiger partial charge in [-0.15, -0.1) is 0 Å². The van der Waals surface area contributed by atoms with Crippen molar-refractivity contribution >= 4 is 5.69 Å². The topological polar surface area (TPSA) is 37.8 Å². The van der Waals surface area contributed by atoms with Crippen LogP contribution in [0.25, 0.3) is 0 Å².